The Bertz CT molecular complexity index is 890. The van der Waals surface area contributed by atoms with Crippen molar-refractivity contribution in [3.05, 3.63) is 65.7 Å². The average molecular weight is 366 g/mol. The Balaban J connectivity index is 1.53. The van der Waals surface area contributed by atoms with Gasteiger partial charge in [-0.3, -0.25) is 9.59 Å². The highest BCUT2D eigenvalue weighted by Gasteiger charge is 2.10. The molecular formula is C20H18N2O3S. The Labute approximate surface area is 155 Å². The summed E-state index contributed by atoms with van der Waals surface area (Å²) in [6.45, 7) is 0. The number of hydrogen-bond acceptors (Lipinski definition) is 5. The Hall–Kier alpha value is -2.99. The summed E-state index contributed by atoms with van der Waals surface area (Å²) in [7, 11) is 1.55. The number of carbonyl (C=O) groups is 2. The van der Waals surface area contributed by atoms with Gasteiger partial charge in [0.15, 0.2) is 5.78 Å². The van der Waals surface area contributed by atoms with E-state index in [4.69, 9.17) is 4.74 Å². The average Bonchev–Trinajstić information content (AvgIpc) is 3.21. The summed E-state index contributed by atoms with van der Waals surface area (Å²) in [6.07, 6.45) is 2.04. The molecular weight excluding hydrogens is 348 g/mol. The van der Waals surface area contributed by atoms with Crippen molar-refractivity contribution < 1.29 is 14.3 Å². The van der Waals surface area contributed by atoms with E-state index in [0.717, 1.165) is 10.6 Å². The molecule has 0 fully saturated rings. The second kappa shape index (κ2) is 8.40. The zero-order valence-corrected chi connectivity index (χ0v) is 15.1. The number of anilines is 1. The first-order chi connectivity index (χ1) is 12.7. The third-order valence-electron chi connectivity index (χ3n) is 3.82. The van der Waals surface area contributed by atoms with E-state index < -0.39 is 0 Å². The van der Waals surface area contributed by atoms with Crippen LogP contribution in [-0.4, -0.2) is 23.8 Å². The molecule has 0 radical (unpaired) electrons. The quantitative estimate of drug-likeness (QED) is 0.629. The van der Waals surface area contributed by atoms with Crippen LogP contribution in [0, 0.1) is 0 Å². The summed E-state index contributed by atoms with van der Waals surface area (Å²) in [5.41, 5.74) is 2.25. The lowest BCUT2D eigenvalue weighted by atomic mass is 10.1. The lowest BCUT2D eigenvalue weighted by Gasteiger charge is -2.06. The SMILES string of the molecule is COc1cccc(C(=O)CCC(=O)Nc2ccc(-c3nccs3)cc2)c1. The summed E-state index contributed by atoms with van der Waals surface area (Å²) in [5.74, 6) is 0.349. The largest absolute Gasteiger partial charge is 0.497 e. The van der Waals surface area contributed by atoms with Gasteiger partial charge in [-0.05, 0) is 36.4 Å². The molecule has 1 amide bonds. The zero-order chi connectivity index (χ0) is 18.4. The minimum atomic E-state index is -0.191. The third kappa shape index (κ3) is 4.55. The van der Waals surface area contributed by atoms with Gasteiger partial charge in [0, 0.05) is 41.2 Å². The number of methoxy groups -OCH3 is 1. The van der Waals surface area contributed by atoms with Crippen LogP contribution >= 0.6 is 11.3 Å². The fourth-order valence-corrected chi connectivity index (χ4v) is 3.10. The molecule has 0 bridgehead atoms. The molecule has 132 valence electrons. The molecule has 6 heteroatoms. The van der Waals surface area contributed by atoms with Crippen molar-refractivity contribution >= 4 is 28.7 Å². The monoisotopic (exact) mass is 366 g/mol. The van der Waals surface area contributed by atoms with Crippen molar-refractivity contribution in [3.8, 4) is 16.3 Å². The maximum Gasteiger partial charge on any atom is 0.224 e. The number of nitrogens with zero attached hydrogens (tertiary/aromatic N) is 1. The minimum Gasteiger partial charge on any atom is -0.497 e. The molecule has 1 heterocycles. The molecule has 3 aromatic rings. The van der Waals surface area contributed by atoms with E-state index >= 15 is 0 Å². The normalized spacial score (nSPS) is 10.3. The van der Waals surface area contributed by atoms with Gasteiger partial charge >= 0.3 is 0 Å². The molecule has 0 aliphatic carbocycles. The summed E-state index contributed by atoms with van der Waals surface area (Å²) in [4.78, 5) is 28.5. The summed E-state index contributed by atoms with van der Waals surface area (Å²) in [5, 5.41) is 5.67. The predicted octanol–water partition coefficient (Wildman–Crippen LogP) is 4.42. The van der Waals surface area contributed by atoms with Crippen LogP contribution in [0.3, 0.4) is 0 Å². The predicted molar refractivity (Wildman–Crippen MR) is 103 cm³/mol. The molecule has 1 aromatic heterocycles. The van der Waals surface area contributed by atoms with Gasteiger partial charge < -0.3 is 10.1 Å². The number of ketones is 1. The van der Waals surface area contributed by atoms with Crippen molar-refractivity contribution in [2.75, 3.05) is 12.4 Å². The van der Waals surface area contributed by atoms with E-state index in [1.165, 1.54) is 0 Å². The van der Waals surface area contributed by atoms with E-state index in [2.05, 4.69) is 10.3 Å². The maximum absolute atomic E-state index is 12.2. The molecule has 26 heavy (non-hydrogen) atoms. The highest BCUT2D eigenvalue weighted by Crippen LogP contribution is 2.23. The van der Waals surface area contributed by atoms with Gasteiger partial charge in [-0.25, -0.2) is 4.98 Å². The first kappa shape index (κ1) is 17.8. The number of thiazole rings is 1. The van der Waals surface area contributed by atoms with Crippen LogP contribution in [0.15, 0.2) is 60.1 Å². The zero-order valence-electron chi connectivity index (χ0n) is 14.3. The van der Waals surface area contributed by atoms with E-state index in [1.807, 2.05) is 29.6 Å². The Morgan fingerprint density at radius 1 is 1.12 bits per heavy atom. The number of Topliss-reactive ketones (excluding diaryl/α,β-unsaturated/α-hetero) is 1. The molecule has 0 atom stereocenters. The molecule has 0 unspecified atom stereocenters. The molecule has 0 spiro atoms. The van der Waals surface area contributed by atoms with Gasteiger partial charge in [0.1, 0.15) is 10.8 Å². The standard InChI is InChI=1S/C20H18N2O3S/c1-25-17-4-2-3-15(13-17)18(23)9-10-19(24)22-16-7-5-14(6-8-16)20-21-11-12-26-20/h2-8,11-13H,9-10H2,1H3,(H,22,24). The van der Waals surface area contributed by atoms with Crippen molar-refractivity contribution in [2.45, 2.75) is 12.8 Å². The second-order valence-electron chi connectivity index (χ2n) is 5.62. The van der Waals surface area contributed by atoms with E-state index in [-0.39, 0.29) is 24.5 Å². The third-order valence-corrected chi connectivity index (χ3v) is 4.64. The molecule has 3 rings (SSSR count). The molecule has 1 N–H and O–H groups in total. The van der Waals surface area contributed by atoms with Crippen LogP contribution in [-0.2, 0) is 4.79 Å². The fraction of sp³-hybridized carbons (Fsp3) is 0.150. The van der Waals surface area contributed by atoms with Gasteiger partial charge in [0.2, 0.25) is 5.91 Å². The topological polar surface area (TPSA) is 68.3 Å². The van der Waals surface area contributed by atoms with Gasteiger partial charge in [0.05, 0.1) is 7.11 Å². The number of carbonyl (C=O) groups excluding carboxylic acids is 2. The molecule has 0 aliphatic rings. The molecule has 5 nitrogen and oxygen atoms in total. The van der Waals surface area contributed by atoms with Crippen LogP contribution < -0.4 is 10.1 Å². The van der Waals surface area contributed by atoms with Crippen LogP contribution in [0.5, 0.6) is 5.75 Å². The van der Waals surface area contributed by atoms with Crippen LogP contribution in [0.4, 0.5) is 5.69 Å². The van der Waals surface area contributed by atoms with E-state index in [1.54, 1.807) is 48.9 Å². The highest BCUT2D eigenvalue weighted by atomic mass is 32.1. The smallest absolute Gasteiger partial charge is 0.224 e. The van der Waals surface area contributed by atoms with Gasteiger partial charge in [-0.2, -0.15) is 0 Å². The lowest BCUT2D eigenvalue weighted by molar-refractivity contribution is -0.116. The Morgan fingerprint density at radius 3 is 2.62 bits per heavy atom. The number of aromatic nitrogens is 1. The summed E-state index contributed by atoms with van der Waals surface area (Å²) >= 11 is 1.56. The van der Waals surface area contributed by atoms with Gasteiger partial charge in [-0.1, -0.05) is 12.1 Å². The minimum absolute atomic E-state index is 0.0850. The van der Waals surface area contributed by atoms with Gasteiger partial charge in [0.25, 0.3) is 0 Å². The molecule has 0 saturated heterocycles. The van der Waals surface area contributed by atoms with Crippen LogP contribution in [0.2, 0.25) is 0 Å². The van der Waals surface area contributed by atoms with E-state index in [0.29, 0.717) is 17.0 Å². The van der Waals surface area contributed by atoms with Crippen LogP contribution in [0.25, 0.3) is 10.6 Å². The highest BCUT2D eigenvalue weighted by molar-refractivity contribution is 7.13. The fourth-order valence-electron chi connectivity index (χ4n) is 2.45. The van der Waals surface area contributed by atoms with Crippen LogP contribution in [0.1, 0.15) is 23.2 Å². The van der Waals surface area contributed by atoms with E-state index in [9.17, 15) is 9.59 Å². The maximum atomic E-state index is 12.2. The number of hydrogen-bond donors (Lipinski definition) is 1. The Kier molecular flexibility index (Phi) is 5.76. The number of benzene rings is 2. The molecule has 0 aliphatic heterocycles. The van der Waals surface area contributed by atoms with Gasteiger partial charge in [-0.15, -0.1) is 11.3 Å². The van der Waals surface area contributed by atoms with Crippen molar-refractivity contribution in [3.63, 3.8) is 0 Å². The number of ether oxygens (including phenoxy) is 1. The summed E-state index contributed by atoms with van der Waals surface area (Å²) < 4.78 is 5.11. The van der Waals surface area contributed by atoms with Crippen molar-refractivity contribution in [2.24, 2.45) is 0 Å². The second-order valence-corrected chi connectivity index (χ2v) is 6.51. The Morgan fingerprint density at radius 2 is 1.92 bits per heavy atom. The van der Waals surface area contributed by atoms with Crippen molar-refractivity contribution in [1.29, 1.82) is 0 Å². The number of amides is 1. The molecule has 0 saturated carbocycles. The lowest BCUT2D eigenvalue weighted by Crippen LogP contribution is -2.13. The van der Waals surface area contributed by atoms with Crippen molar-refractivity contribution in [1.82, 2.24) is 4.98 Å². The first-order valence-electron chi connectivity index (χ1n) is 8.13. The molecule has 2 aromatic carbocycles. The number of rotatable bonds is 7. The number of nitrogens with one attached hydrogen (secondary N) is 1. The summed E-state index contributed by atoms with van der Waals surface area (Å²) in [6, 6.07) is 14.4. The first-order valence-corrected chi connectivity index (χ1v) is 9.01.